The Morgan fingerprint density at radius 1 is 1.43 bits per heavy atom. The van der Waals surface area contributed by atoms with E-state index in [9.17, 15) is 14.7 Å². The Labute approximate surface area is 129 Å². The van der Waals surface area contributed by atoms with Crippen molar-refractivity contribution in [3.63, 3.8) is 0 Å². The van der Waals surface area contributed by atoms with E-state index >= 15 is 0 Å². The number of aliphatic carboxylic acids is 1. The number of piperidine rings is 1. The normalized spacial score (nSPS) is 22.3. The summed E-state index contributed by atoms with van der Waals surface area (Å²) in [5.74, 6) is -0.757. The first-order valence-corrected chi connectivity index (χ1v) is 8.51. The third-order valence-electron chi connectivity index (χ3n) is 4.37. The summed E-state index contributed by atoms with van der Waals surface area (Å²) in [5.41, 5.74) is 0.304. The van der Waals surface area contributed by atoms with Crippen molar-refractivity contribution >= 4 is 23.2 Å². The molecule has 0 aromatic carbocycles. The number of carboxylic acid groups (broad SMARTS) is 1. The number of aryl methyl sites for hydroxylation is 1. The standard InChI is InChI=1S/C16H23NO3S/c1-3-7-16(15(19)20)8-5-9-17(11-16)14(18)13-12(4-2)6-10-21-13/h6,10H,3-5,7-9,11H2,1-2H3,(H,19,20). The molecule has 0 bridgehead atoms. The number of nitrogens with zero attached hydrogens (tertiary/aromatic N) is 1. The van der Waals surface area contributed by atoms with Crippen LogP contribution in [-0.4, -0.2) is 35.0 Å². The molecule has 1 aliphatic heterocycles. The minimum absolute atomic E-state index is 0.00304. The van der Waals surface area contributed by atoms with Gasteiger partial charge in [0.2, 0.25) is 0 Å². The number of carbonyl (C=O) groups is 2. The number of thiophene rings is 1. The highest BCUT2D eigenvalue weighted by Crippen LogP contribution is 2.36. The summed E-state index contributed by atoms with van der Waals surface area (Å²) in [6.45, 7) is 5.04. The lowest BCUT2D eigenvalue weighted by atomic mass is 9.76. The molecule has 4 nitrogen and oxygen atoms in total. The van der Waals surface area contributed by atoms with Crippen molar-refractivity contribution < 1.29 is 14.7 Å². The monoisotopic (exact) mass is 309 g/mol. The van der Waals surface area contributed by atoms with Crippen LogP contribution in [0.2, 0.25) is 0 Å². The minimum Gasteiger partial charge on any atom is -0.481 e. The smallest absolute Gasteiger partial charge is 0.311 e. The van der Waals surface area contributed by atoms with Crippen molar-refractivity contribution in [3.8, 4) is 0 Å². The zero-order chi connectivity index (χ0) is 15.5. The second kappa shape index (κ2) is 6.60. The van der Waals surface area contributed by atoms with E-state index in [1.807, 2.05) is 25.3 Å². The molecule has 1 aromatic heterocycles. The maximum absolute atomic E-state index is 12.7. The Bertz CT molecular complexity index is 521. The van der Waals surface area contributed by atoms with Crippen LogP contribution in [0.4, 0.5) is 0 Å². The largest absolute Gasteiger partial charge is 0.481 e. The summed E-state index contributed by atoms with van der Waals surface area (Å²) >= 11 is 1.46. The Morgan fingerprint density at radius 3 is 2.81 bits per heavy atom. The number of carbonyl (C=O) groups excluding carboxylic acids is 1. The van der Waals surface area contributed by atoms with Crippen LogP contribution in [0, 0.1) is 5.41 Å². The van der Waals surface area contributed by atoms with Gasteiger partial charge in [0.05, 0.1) is 10.3 Å². The first-order chi connectivity index (χ1) is 10.0. The molecule has 0 spiro atoms. The lowest BCUT2D eigenvalue weighted by molar-refractivity contribution is -0.152. The van der Waals surface area contributed by atoms with E-state index in [-0.39, 0.29) is 5.91 Å². The zero-order valence-corrected chi connectivity index (χ0v) is 13.5. The van der Waals surface area contributed by atoms with E-state index in [0.29, 0.717) is 25.9 Å². The maximum Gasteiger partial charge on any atom is 0.311 e. The minimum atomic E-state index is -0.760. The van der Waals surface area contributed by atoms with Crippen LogP contribution in [-0.2, 0) is 11.2 Å². The first-order valence-electron chi connectivity index (χ1n) is 7.63. The average Bonchev–Trinajstić information content (AvgIpc) is 2.95. The highest BCUT2D eigenvalue weighted by atomic mass is 32.1. The summed E-state index contributed by atoms with van der Waals surface area (Å²) in [6.07, 6.45) is 3.73. The topological polar surface area (TPSA) is 57.6 Å². The number of carboxylic acids is 1. The Kier molecular flexibility index (Phi) is 5.04. The van der Waals surface area contributed by atoms with Gasteiger partial charge in [0.1, 0.15) is 0 Å². The second-order valence-electron chi connectivity index (χ2n) is 5.79. The van der Waals surface area contributed by atoms with Crippen molar-refractivity contribution in [2.75, 3.05) is 13.1 Å². The highest BCUT2D eigenvalue weighted by molar-refractivity contribution is 7.12. The second-order valence-corrected chi connectivity index (χ2v) is 6.71. The lowest BCUT2D eigenvalue weighted by Crippen LogP contribution is -2.49. The van der Waals surface area contributed by atoms with Crippen molar-refractivity contribution in [2.24, 2.45) is 5.41 Å². The van der Waals surface area contributed by atoms with Crippen LogP contribution in [0.3, 0.4) is 0 Å². The summed E-state index contributed by atoms with van der Waals surface area (Å²) in [7, 11) is 0. The number of likely N-dealkylation sites (tertiary alicyclic amines) is 1. The molecule has 21 heavy (non-hydrogen) atoms. The quantitative estimate of drug-likeness (QED) is 0.906. The molecule has 0 radical (unpaired) electrons. The van der Waals surface area contributed by atoms with Gasteiger partial charge in [0.25, 0.3) is 5.91 Å². The molecule has 1 unspecified atom stereocenters. The molecule has 1 fully saturated rings. The van der Waals surface area contributed by atoms with Gasteiger partial charge in [0, 0.05) is 13.1 Å². The predicted molar refractivity (Wildman–Crippen MR) is 83.8 cm³/mol. The fourth-order valence-electron chi connectivity index (χ4n) is 3.21. The maximum atomic E-state index is 12.7. The van der Waals surface area contributed by atoms with E-state index < -0.39 is 11.4 Å². The number of amides is 1. The van der Waals surface area contributed by atoms with Crippen LogP contribution in [0.1, 0.15) is 54.8 Å². The highest BCUT2D eigenvalue weighted by Gasteiger charge is 2.43. The molecule has 1 atom stereocenters. The van der Waals surface area contributed by atoms with Crippen molar-refractivity contribution in [1.82, 2.24) is 4.90 Å². The molecule has 2 heterocycles. The number of hydrogen-bond acceptors (Lipinski definition) is 3. The summed E-state index contributed by atoms with van der Waals surface area (Å²) in [4.78, 5) is 26.9. The van der Waals surface area contributed by atoms with Gasteiger partial charge in [-0.05, 0) is 42.7 Å². The van der Waals surface area contributed by atoms with E-state index in [1.54, 1.807) is 4.90 Å². The SMILES string of the molecule is CCCC1(C(=O)O)CCCN(C(=O)c2sccc2CC)C1. The molecular formula is C16H23NO3S. The number of rotatable bonds is 5. The van der Waals surface area contributed by atoms with Gasteiger partial charge < -0.3 is 10.0 Å². The van der Waals surface area contributed by atoms with Crippen molar-refractivity contribution in [1.29, 1.82) is 0 Å². The van der Waals surface area contributed by atoms with Crippen molar-refractivity contribution in [3.05, 3.63) is 21.9 Å². The molecule has 0 aliphatic carbocycles. The molecule has 1 amide bonds. The van der Waals surface area contributed by atoms with Gasteiger partial charge in [-0.1, -0.05) is 20.3 Å². The molecule has 2 rings (SSSR count). The fourth-order valence-corrected chi connectivity index (χ4v) is 4.18. The summed E-state index contributed by atoms with van der Waals surface area (Å²) in [5, 5.41) is 11.6. The van der Waals surface area contributed by atoms with E-state index in [2.05, 4.69) is 0 Å². The Hall–Kier alpha value is -1.36. The summed E-state index contributed by atoms with van der Waals surface area (Å²) in [6, 6.07) is 1.98. The van der Waals surface area contributed by atoms with Gasteiger partial charge in [-0.25, -0.2) is 0 Å². The third-order valence-corrected chi connectivity index (χ3v) is 5.31. The molecular weight excluding hydrogens is 286 g/mol. The van der Waals surface area contributed by atoms with Gasteiger partial charge in [-0.2, -0.15) is 0 Å². The first kappa shape index (κ1) is 16.0. The predicted octanol–water partition coefficient (Wildman–Crippen LogP) is 3.42. The molecule has 0 saturated carbocycles. The molecule has 116 valence electrons. The molecule has 1 N–H and O–H groups in total. The number of hydrogen-bond donors (Lipinski definition) is 1. The summed E-state index contributed by atoms with van der Waals surface area (Å²) < 4.78 is 0. The van der Waals surface area contributed by atoms with Gasteiger partial charge >= 0.3 is 5.97 Å². The van der Waals surface area contributed by atoms with Crippen LogP contribution in [0.25, 0.3) is 0 Å². The van der Waals surface area contributed by atoms with E-state index in [1.165, 1.54) is 11.3 Å². The Balaban J connectivity index is 2.20. The van der Waals surface area contributed by atoms with E-state index in [4.69, 9.17) is 0 Å². The third kappa shape index (κ3) is 3.12. The van der Waals surface area contributed by atoms with Crippen LogP contribution >= 0.6 is 11.3 Å². The van der Waals surface area contributed by atoms with Gasteiger partial charge in [-0.3, -0.25) is 9.59 Å². The lowest BCUT2D eigenvalue weighted by Gasteiger charge is -2.39. The average molecular weight is 309 g/mol. The molecule has 1 aliphatic rings. The van der Waals surface area contributed by atoms with Crippen LogP contribution in [0.5, 0.6) is 0 Å². The van der Waals surface area contributed by atoms with E-state index in [0.717, 1.165) is 29.7 Å². The molecule has 1 saturated heterocycles. The molecule has 5 heteroatoms. The van der Waals surface area contributed by atoms with Gasteiger partial charge in [-0.15, -0.1) is 11.3 Å². The molecule has 1 aromatic rings. The van der Waals surface area contributed by atoms with Crippen LogP contribution in [0.15, 0.2) is 11.4 Å². The fraction of sp³-hybridized carbons (Fsp3) is 0.625. The Morgan fingerprint density at radius 2 is 2.19 bits per heavy atom. The zero-order valence-electron chi connectivity index (χ0n) is 12.7. The van der Waals surface area contributed by atoms with Gasteiger partial charge in [0.15, 0.2) is 0 Å². The van der Waals surface area contributed by atoms with Crippen LogP contribution < -0.4 is 0 Å². The van der Waals surface area contributed by atoms with Crippen molar-refractivity contribution in [2.45, 2.75) is 46.0 Å².